The van der Waals surface area contributed by atoms with Gasteiger partial charge in [0.2, 0.25) is 0 Å². The predicted molar refractivity (Wildman–Crippen MR) is 151 cm³/mol. The maximum atomic E-state index is 12.7. The molecule has 9 nitrogen and oxygen atoms in total. The molecule has 0 bridgehead atoms. The number of nitrogens with one attached hydrogen (secondary N) is 2. The number of nitrogens with zero attached hydrogens (tertiary/aromatic N) is 2. The van der Waals surface area contributed by atoms with Crippen molar-refractivity contribution in [3.8, 4) is 0 Å². The van der Waals surface area contributed by atoms with Gasteiger partial charge in [-0.3, -0.25) is 29.4 Å². The summed E-state index contributed by atoms with van der Waals surface area (Å²) in [5.41, 5.74) is 1.58. The monoisotopic (exact) mass is 614 g/mol. The SMILES string of the molecule is O=C(NCCN1C(=O)S/C(=C/c2cccc(Br)c2)C1=O)c1ccc(NCc2ccccc2Cl)c([N+](=O)[O-])c1. The molecule has 0 aromatic heterocycles. The van der Waals surface area contributed by atoms with Gasteiger partial charge in [-0.25, -0.2) is 0 Å². The lowest BCUT2D eigenvalue weighted by atomic mass is 10.1. The molecule has 38 heavy (non-hydrogen) atoms. The summed E-state index contributed by atoms with van der Waals surface area (Å²) in [6, 6.07) is 18.5. The largest absolute Gasteiger partial charge is 0.375 e. The fourth-order valence-corrected chi connectivity index (χ4v) is 5.11. The van der Waals surface area contributed by atoms with Gasteiger partial charge in [-0.05, 0) is 59.3 Å². The van der Waals surface area contributed by atoms with Gasteiger partial charge in [-0.1, -0.05) is 57.9 Å². The molecule has 1 aliphatic rings. The molecule has 3 aromatic rings. The Morgan fingerprint density at radius 2 is 1.89 bits per heavy atom. The third-order valence-corrected chi connectivity index (χ3v) is 7.29. The minimum absolute atomic E-state index is 0.0126. The van der Waals surface area contributed by atoms with E-state index in [9.17, 15) is 24.5 Å². The second kappa shape index (κ2) is 12.2. The minimum Gasteiger partial charge on any atom is -0.375 e. The molecule has 1 fully saturated rings. The van der Waals surface area contributed by atoms with Crippen LogP contribution in [0.3, 0.4) is 0 Å². The van der Waals surface area contributed by atoms with Crippen molar-refractivity contribution >= 4 is 73.8 Å². The molecule has 12 heteroatoms. The van der Waals surface area contributed by atoms with Gasteiger partial charge in [0.1, 0.15) is 5.69 Å². The summed E-state index contributed by atoms with van der Waals surface area (Å²) in [5, 5.41) is 17.3. The van der Waals surface area contributed by atoms with Gasteiger partial charge in [0.15, 0.2) is 0 Å². The number of thioether (sulfide) groups is 1. The quantitative estimate of drug-likeness (QED) is 0.170. The standard InChI is InChI=1S/C26H20BrClN4O5S/c27-19-6-3-4-16(12-19)13-23-25(34)31(26(35)38-23)11-10-29-24(33)17-8-9-21(22(14-17)32(36)37)30-15-18-5-1-2-7-20(18)28/h1-9,12-14,30H,10-11,15H2,(H,29,33)/b23-13+. The predicted octanol–water partition coefficient (Wildman–Crippen LogP) is 6.09. The number of benzene rings is 3. The lowest BCUT2D eigenvalue weighted by Gasteiger charge is -2.13. The number of amides is 3. The molecular weight excluding hydrogens is 596 g/mol. The van der Waals surface area contributed by atoms with E-state index < -0.39 is 22.0 Å². The second-order valence-electron chi connectivity index (χ2n) is 8.08. The van der Waals surface area contributed by atoms with Crippen LogP contribution >= 0.6 is 39.3 Å². The molecule has 0 radical (unpaired) electrons. The van der Waals surface area contributed by atoms with Crippen LogP contribution in [-0.4, -0.2) is 40.0 Å². The van der Waals surface area contributed by atoms with Crippen molar-refractivity contribution < 1.29 is 19.3 Å². The second-order valence-corrected chi connectivity index (χ2v) is 10.4. The summed E-state index contributed by atoms with van der Waals surface area (Å²) >= 11 is 10.3. The fourth-order valence-electron chi connectivity index (χ4n) is 3.63. The number of nitro benzene ring substituents is 1. The Kier molecular flexibility index (Phi) is 8.82. The smallest absolute Gasteiger partial charge is 0.293 e. The van der Waals surface area contributed by atoms with E-state index in [1.165, 1.54) is 18.2 Å². The number of nitro groups is 1. The van der Waals surface area contributed by atoms with Crippen molar-refractivity contribution in [1.29, 1.82) is 0 Å². The van der Waals surface area contributed by atoms with E-state index in [2.05, 4.69) is 26.6 Å². The topological polar surface area (TPSA) is 122 Å². The number of hydrogen-bond donors (Lipinski definition) is 2. The third-order valence-electron chi connectivity index (χ3n) is 5.52. The van der Waals surface area contributed by atoms with Crippen LogP contribution in [0.2, 0.25) is 5.02 Å². The molecule has 0 saturated carbocycles. The number of imide groups is 1. The summed E-state index contributed by atoms with van der Waals surface area (Å²) in [6.07, 6.45) is 1.63. The van der Waals surface area contributed by atoms with Gasteiger partial charge < -0.3 is 10.6 Å². The number of carbonyl (C=O) groups is 3. The van der Waals surface area contributed by atoms with E-state index in [0.29, 0.717) is 5.02 Å². The highest BCUT2D eigenvalue weighted by Crippen LogP contribution is 2.32. The first-order valence-corrected chi connectivity index (χ1v) is 13.3. The van der Waals surface area contributed by atoms with Crippen LogP contribution in [0.4, 0.5) is 16.2 Å². The number of halogens is 2. The average Bonchev–Trinajstić information content (AvgIpc) is 3.15. The zero-order valence-corrected chi connectivity index (χ0v) is 22.8. The molecule has 0 spiro atoms. The van der Waals surface area contributed by atoms with Crippen molar-refractivity contribution in [1.82, 2.24) is 10.2 Å². The number of hydrogen-bond acceptors (Lipinski definition) is 7. The van der Waals surface area contributed by atoms with E-state index in [0.717, 1.165) is 32.3 Å². The summed E-state index contributed by atoms with van der Waals surface area (Å²) in [4.78, 5) is 50.1. The fraction of sp³-hybridized carbons (Fsp3) is 0.115. The van der Waals surface area contributed by atoms with Crippen LogP contribution in [0, 0.1) is 10.1 Å². The molecule has 0 unspecified atom stereocenters. The molecule has 1 heterocycles. The Labute approximate surface area is 235 Å². The first-order chi connectivity index (χ1) is 18.2. The van der Waals surface area contributed by atoms with E-state index in [1.807, 2.05) is 30.3 Å². The van der Waals surface area contributed by atoms with Crippen LogP contribution in [0.15, 0.2) is 76.1 Å². The van der Waals surface area contributed by atoms with Gasteiger partial charge in [0.25, 0.3) is 22.7 Å². The first-order valence-electron chi connectivity index (χ1n) is 11.3. The Hall–Kier alpha value is -3.67. The average molecular weight is 616 g/mol. The molecule has 3 amide bonds. The van der Waals surface area contributed by atoms with Crippen molar-refractivity contribution in [3.05, 3.63) is 108 Å². The number of rotatable bonds is 9. The Balaban J connectivity index is 1.36. The summed E-state index contributed by atoms with van der Waals surface area (Å²) < 4.78 is 0.845. The van der Waals surface area contributed by atoms with Gasteiger partial charge in [0.05, 0.1) is 9.83 Å². The van der Waals surface area contributed by atoms with Crippen LogP contribution in [0.1, 0.15) is 21.5 Å². The molecule has 194 valence electrons. The van der Waals surface area contributed by atoms with Crippen LogP contribution in [-0.2, 0) is 11.3 Å². The van der Waals surface area contributed by atoms with Crippen LogP contribution < -0.4 is 10.6 Å². The van der Waals surface area contributed by atoms with Gasteiger partial charge in [-0.2, -0.15) is 0 Å². The molecule has 1 aliphatic heterocycles. The zero-order chi connectivity index (χ0) is 27.2. The van der Waals surface area contributed by atoms with Crippen LogP contribution in [0.25, 0.3) is 6.08 Å². The van der Waals surface area contributed by atoms with E-state index in [1.54, 1.807) is 24.3 Å². The minimum atomic E-state index is -0.580. The summed E-state index contributed by atoms with van der Waals surface area (Å²) in [7, 11) is 0. The van der Waals surface area contributed by atoms with Crippen molar-refractivity contribution in [2.24, 2.45) is 0 Å². The Morgan fingerprint density at radius 1 is 1.11 bits per heavy atom. The van der Waals surface area contributed by atoms with Gasteiger partial charge in [-0.15, -0.1) is 0 Å². The highest BCUT2D eigenvalue weighted by Gasteiger charge is 2.34. The summed E-state index contributed by atoms with van der Waals surface area (Å²) in [6.45, 7) is 0.215. The molecule has 0 aliphatic carbocycles. The Morgan fingerprint density at radius 3 is 2.63 bits per heavy atom. The summed E-state index contributed by atoms with van der Waals surface area (Å²) in [5.74, 6) is -1.01. The maximum Gasteiger partial charge on any atom is 0.293 e. The number of anilines is 1. The lowest BCUT2D eigenvalue weighted by Crippen LogP contribution is -2.37. The normalized spacial score (nSPS) is 14.2. The highest BCUT2D eigenvalue weighted by atomic mass is 79.9. The molecular formula is C26H20BrClN4O5S. The van der Waals surface area contributed by atoms with Gasteiger partial charge >= 0.3 is 0 Å². The molecule has 3 aromatic carbocycles. The van der Waals surface area contributed by atoms with Crippen molar-refractivity contribution in [2.45, 2.75) is 6.54 Å². The molecule has 4 rings (SSSR count). The maximum absolute atomic E-state index is 12.7. The van der Waals surface area contributed by atoms with Crippen molar-refractivity contribution in [2.75, 3.05) is 18.4 Å². The zero-order valence-electron chi connectivity index (χ0n) is 19.6. The molecule has 1 saturated heterocycles. The van der Waals surface area contributed by atoms with Crippen LogP contribution in [0.5, 0.6) is 0 Å². The molecule has 0 atom stereocenters. The highest BCUT2D eigenvalue weighted by molar-refractivity contribution is 9.10. The van der Waals surface area contributed by atoms with E-state index >= 15 is 0 Å². The van der Waals surface area contributed by atoms with Gasteiger partial charge in [0, 0.05) is 40.8 Å². The third kappa shape index (κ3) is 6.60. The van der Waals surface area contributed by atoms with E-state index in [4.69, 9.17) is 11.6 Å². The first kappa shape index (κ1) is 27.4. The Bertz CT molecular complexity index is 1470. The number of carbonyl (C=O) groups excluding carboxylic acids is 3. The molecule has 2 N–H and O–H groups in total. The van der Waals surface area contributed by atoms with Crippen molar-refractivity contribution in [3.63, 3.8) is 0 Å². The van der Waals surface area contributed by atoms with E-state index in [-0.39, 0.29) is 41.5 Å². The lowest BCUT2D eigenvalue weighted by molar-refractivity contribution is -0.384.